The molecule has 0 saturated heterocycles. The number of hydrogen-bond donors (Lipinski definition) is 1. The van der Waals surface area contributed by atoms with Crippen molar-refractivity contribution >= 4 is 5.97 Å². The van der Waals surface area contributed by atoms with Gasteiger partial charge in [0, 0.05) is 5.57 Å². The average Bonchev–Trinajstić information content (AvgIpc) is 1.65. The van der Waals surface area contributed by atoms with Crippen LogP contribution in [-0.2, 0) is 4.79 Å². The number of allylic oxidation sites excluding steroid dienone is 1. The molecule has 0 bridgehead atoms. The summed E-state index contributed by atoms with van der Waals surface area (Å²) in [7, 11) is 0. The van der Waals surface area contributed by atoms with Crippen LogP contribution in [0.1, 0.15) is 6.92 Å². The molecule has 0 heterocycles. The second kappa shape index (κ2) is 2.39. The number of carboxylic acid groups (broad SMARTS) is 1. The van der Waals surface area contributed by atoms with Crippen LogP contribution in [-0.4, -0.2) is 11.1 Å². The fourth-order valence-corrected chi connectivity index (χ4v) is 0.0873. The predicted molar refractivity (Wildman–Crippen MR) is 26.7 cm³/mol. The molecule has 0 unspecified atom stereocenters. The molecule has 39 valence electrons. The van der Waals surface area contributed by atoms with Gasteiger partial charge in [-0.05, 0) is 13.8 Å². The summed E-state index contributed by atoms with van der Waals surface area (Å²) in [5.41, 5.74) is 0.278. The highest BCUT2D eigenvalue weighted by atomic mass is 16.4. The van der Waals surface area contributed by atoms with Crippen molar-refractivity contribution < 1.29 is 9.90 Å². The number of carbonyl (C=O) groups is 1. The van der Waals surface area contributed by atoms with Crippen molar-refractivity contribution in [2.45, 2.75) is 6.92 Å². The van der Waals surface area contributed by atoms with Gasteiger partial charge in [0.05, 0.1) is 0 Å². The Kier molecular flexibility index (Phi) is 2.12. The van der Waals surface area contributed by atoms with Gasteiger partial charge in [-0.3, -0.25) is 0 Å². The third kappa shape index (κ3) is 1.98. The van der Waals surface area contributed by atoms with Crippen molar-refractivity contribution in [3.8, 4) is 0 Å². The maximum atomic E-state index is 9.82. The maximum Gasteiger partial charge on any atom is 0.330 e. The fraction of sp³-hybridized carbons (Fsp3) is 0.200. The van der Waals surface area contributed by atoms with Crippen molar-refractivity contribution in [2.75, 3.05) is 0 Å². The lowest BCUT2D eigenvalue weighted by Gasteiger charge is -1.83. The molecule has 0 aromatic heterocycles. The maximum absolute atomic E-state index is 9.82. The third-order valence-corrected chi connectivity index (χ3v) is 0.644. The largest absolute Gasteiger partial charge is 0.478 e. The zero-order valence-corrected chi connectivity index (χ0v) is 4.14. The number of rotatable bonds is 1. The van der Waals surface area contributed by atoms with E-state index in [2.05, 4.69) is 6.92 Å². The Morgan fingerprint density at radius 1 is 1.86 bits per heavy atom. The SMILES string of the molecule is [CH2]/C=C(/C)C(=O)O. The highest BCUT2D eigenvalue weighted by Crippen LogP contribution is 1.87. The molecule has 0 aliphatic heterocycles. The van der Waals surface area contributed by atoms with E-state index in [1.165, 1.54) is 13.0 Å². The van der Waals surface area contributed by atoms with Gasteiger partial charge in [-0.1, -0.05) is 6.08 Å². The smallest absolute Gasteiger partial charge is 0.330 e. The van der Waals surface area contributed by atoms with Crippen LogP contribution in [0.15, 0.2) is 11.6 Å². The van der Waals surface area contributed by atoms with Crippen molar-refractivity contribution in [1.82, 2.24) is 0 Å². The van der Waals surface area contributed by atoms with Crippen LogP contribution in [0.3, 0.4) is 0 Å². The molecule has 0 fully saturated rings. The van der Waals surface area contributed by atoms with E-state index in [4.69, 9.17) is 5.11 Å². The molecule has 0 aliphatic rings. The van der Waals surface area contributed by atoms with Gasteiger partial charge in [0.1, 0.15) is 0 Å². The molecule has 0 aliphatic carbocycles. The first-order valence-electron chi connectivity index (χ1n) is 1.87. The van der Waals surface area contributed by atoms with Gasteiger partial charge in [-0.25, -0.2) is 4.79 Å². The Morgan fingerprint density at radius 3 is 2.29 bits per heavy atom. The Bertz CT molecular complexity index is 103. The summed E-state index contributed by atoms with van der Waals surface area (Å²) in [5, 5.41) is 8.07. The van der Waals surface area contributed by atoms with Crippen LogP contribution in [0.25, 0.3) is 0 Å². The Hall–Kier alpha value is -0.790. The Morgan fingerprint density at radius 2 is 2.29 bits per heavy atom. The number of aliphatic carboxylic acids is 1. The summed E-state index contributed by atoms with van der Waals surface area (Å²) in [6, 6.07) is 0. The molecule has 0 rings (SSSR count). The van der Waals surface area contributed by atoms with Crippen LogP contribution in [0.5, 0.6) is 0 Å². The van der Waals surface area contributed by atoms with Gasteiger partial charge in [-0.15, -0.1) is 0 Å². The van der Waals surface area contributed by atoms with Crippen LogP contribution in [0, 0.1) is 6.92 Å². The normalized spacial score (nSPS) is 11.4. The molecule has 7 heavy (non-hydrogen) atoms. The first kappa shape index (κ1) is 6.21. The molecule has 0 spiro atoms. The van der Waals surface area contributed by atoms with Gasteiger partial charge in [0.2, 0.25) is 0 Å². The second-order valence-electron chi connectivity index (χ2n) is 1.19. The van der Waals surface area contributed by atoms with Gasteiger partial charge in [0.15, 0.2) is 0 Å². The fourth-order valence-electron chi connectivity index (χ4n) is 0.0873. The molecule has 0 saturated carbocycles. The minimum absolute atomic E-state index is 0.278. The highest BCUT2D eigenvalue weighted by Gasteiger charge is 1.93. The van der Waals surface area contributed by atoms with Crippen molar-refractivity contribution in [2.24, 2.45) is 0 Å². The van der Waals surface area contributed by atoms with Crippen molar-refractivity contribution in [3.63, 3.8) is 0 Å². The molecule has 1 N–H and O–H groups in total. The van der Waals surface area contributed by atoms with Crippen LogP contribution >= 0.6 is 0 Å². The summed E-state index contributed by atoms with van der Waals surface area (Å²) in [6.07, 6.45) is 1.31. The van der Waals surface area contributed by atoms with Gasteiger partial charge in [-0.2, -0.15) is 0 Å². The molecular weight excluding hydrogens is 92.1 g/mol. The molecule has 2 heteroatoms. The molecule has 0 aromatic carbocycles. The average molecular weight is 99.1 g/mol. The highest BCUT2D eigenvalue weighted by molar-refractivity contribution is 5.85. The summed E-state index contributed by atoms with van der Waals surface area (Å²) < 4.78 is 0. The predicted octanol–water partition coefficient (Wildman–Crippen LogP) is 0.851. The summed E-state index contributed by atoms with van der Waals surface area (Å²) in [5.74, 6) is -0.907. The lowest BCUT2D eigenvalue weighted by atomic mass is 10.3. The van der Waals surface area contributed by atoms with E-state index < -0.39 is 5.97 Å². The first-order valence-corrected chi connectivity index (χ1v) is 1.87. The molecule has 0 atom stereocenters. The van der Waals surface area contributed by atoms with Gasteiger partial charge >= 0.3 is 5.97 Å². The molecule has 1 radical (unpaired) electrons. The van der Waals surface area contributed by atoms with E-state index >= 15 is 0 Å². The monoisotopic (exact) mass is 99.0 g/mol. The van der Waals surface area contributed by atoms with Crippen molar-refractivity contribution in [1.29, 1.82) is 0 Å². The van der Waals surface area contributed by atoms with E-state index in [1.54, 1.807) is 0 Å². The van der Waals surface area contributed by atoms with Crippen LogP contribution < -0.4 is 0 Å². The van der Waals surface area contributed by atoms with Crippen LogP contribution in [0.2, 0.25) is 0 Å². The zero-order chi connectivity index (χ0) is 5.86. The third-order valence-electron chi connectivity index (χ3n) is 0.644. The lowest BCUT2D eigenvalue weighted by molar-refractivity contribution is -0.132. The minimum atomic E-state index is -0.907. The molecular formula is C5H7O2. The minimum Gasteiger partial charge on any atom is -0.478 e. The number of hydrogen-bond acceptors (Lipinski definition) is 1. The standard InChI is InChI=1S/C5H7O2/c1-3-4(2)5(6)7/h3H,1H2,2H3,(H,6,7)/b4-3-. The van der Waals surface area contributed by atoms with Crippen LogP contribution in [0.4, 0.5) is 0 Å². The summed E-state index contributed by atoms with van der Waals surface area (Å²) in [6.45, 7) is 4.76. The summed E-state index contributed by atoms with van der Waals surface area (Å²) in [4.78, 5) is 9.82. The number of carboxylic acids is 1. The van der Waals surface area contributed by atoms with E-state index in [-0.39, 0.29) is 5.57 Å². The Labute approximate surface area is 42.5 Å². The summed E-state index contributed by atoms with van der Waals surface area (Å²) >= 11 is 0. The van der Waals surface area contributed by atoms with E-state index in [0.717, 1.165) is 0 Å². The Balaban J connectivity index is 3.82. The second-order valence-corrected chi connectivity index (χ2v) is 1.19. The zero-order valence-electron chi connectivity index (χ0n) is 4.14. The molecule has 0 aromatic rings. The van der Waals surface area contributed by atoms with Gasteiger partial charge in [0.25, 0.3) is 0 Å². The van der Waals surface area contributed by atoms with Crippen molar-refractivity contribution in [3.05, 3.63) is 18.6 Å². The van der Waals surface area contributed by atoms with E-state index in [0.29, 0.717) is 0 Å². The van der Waals surface area contributed by atoms with E-state index in [1.807, 2.05) is 0 Å². The van der Waals surface area contributed by atoms with Gasteiger partial charge < -0.3 is 5.11 Å². The molecule has 2 nitrogen and oxygen atoms in total. The quantitative estimate of drug-likeness (QED) is 0.495. The first-order chi connectivity index (χ1) is 3.18. The van der Waals surface area contributed by atoms with E-state index in [9.17, 15) is 4.79 Å². The topological polar surface area (TPSA) is 37.3 Å². The lowest BCUT2D eigenvalue weighted by Crippen LogP contribution is -1.94. The molecule has 0 amide bonds.